The van der Waals surface area contributed by atoms with E-state index < -0.39 is 10.0 Å². The molecule has 3 aromatic carbocycles. The molecule has 1 N–H and O–H groups in total. The molecule has 0 spiro atoms. The predicted octanol–water partition coefficient (Wildman–Crippen LogP) is 3.72. The van der Waals surface area contributed by atoms with Gasteiger partial charge in [-0.25, -0.2) is 13.1 Å². The SMILES string of the molecule is C#CCNS(=O)(=O)c1cccc(C(=O)N(C)Cc2cn(-c3ccccc3)nc2-c2ccccc2)c1. The number of para-hydroxylation sites is 1. The molecule has 1 heterocycles. The maximum absolute atomic E-state index is 13.2. The summed E-state index contributed by atoms with van der Waals surface area (Å²) < 4.78 is 28.9. The fourth-order valence-corrected chi connectivity index (χ4v) is 4.62. The first-order valence-corrected chi connectivity index (χ1v) is 12.4. The van der Waals surface area contributed by atoms with Crippen LogP contribution in [0.4, 0.5) is 0 Å². The van der Waals surface area contributed by atoms with Gasteiger partial charge in [-0.1, -0.05) is 60.5 Å². The standard InChI is InChI=1S/C27H24N4O3S/c1-3-17-28-35(33,34)25-16-10-13-22(18-25)27(32)30(2)19-23-20-31(24-14-8-5-9-15-24)29-26(23)21-11-6-4-7-12-21/h1,4-16,18,20,28H,17,19H2,2H3. The fourth-order valence-electron chi connectivity index (χ4n) is 3.64. The third-order valence-corrected chi connectivity index (χ3v) is 6.77. The van der Waals surface area contributed by atoms with Gasteiger partial charge in [0.25, 0.3) is 5.91 Å². The smallest absolute Gasteiger partial charge is 0.253 e. The number of hydrogen-bond donors (Lipinski definition) is 1. The second kappa shape index (κ2) is 10.4. The molecule has 4 rings (SSSR count). The molecule has 0 unspecified atom stereocenters. The van der Waals surface area contributed by atoms with Gasteiger partial charge in [0.2, 0.25) is 10.0 Å². The van der Waals surface area contributed by atoms with Crippen LogP contribution in [0.25, 0.3) is 16.9 Å². The molecule has 35 heavy (non-hydrogen) atoms. The van der Waals surface area contributed by atoms with Crippen molar-refractivity contribution in [3.8, 4) is 29.3 Å². The molecule has 8 heteroatoms. The number of amides is 1. The van der Waals surface area contributed by atoms with E-state index in [1.807, 2.05) is 66.9 Å². The number of hydrogen-bond acceptors (Lipinski definition) is 4. The highest BCUT2D eigenvalue weighted by Crippen LogP contribution is 2.25. The van der Waals surface area contributed by atoms with Crippen LogP contribution in [0.1, 0.15) is 15.9 Å². The van der Waals surface area contributed by atoms with Crippen LogP contribution in [-0.4, -0.2) is 42.6 Å². The van der Waals surface area contributed by atoms with Crippen molar-refractivity contribution in [3.05, 3.63) is 102 Å². The summed E-state index contributed by atoms with van der Waals surface area (Å²) in [5, 5.41) is 4.79. The van der Waals surface area contributed by atoms with E-state index in [4.69, 9.17) is 11.5 Å². The molecule has 7 nitrogen and oxygen atoms in total. The van der Waals surface area contributed by atoms with Crippen molar-refractivity contribution < 1.29 is 13.2 Å². The predicted molar refractivity (Wildman–Crippen MR) is 135 cm³/mol. The van der Waals surface area contributed by atoms with Gasteiger partial charge in [0.05, 0.1) is 22.8 Å². The summed E-state index contributed by atoms with van der Waals surface area (Å²) in [5.74, 6) is 1.92. The molecule has 0 aliphatic heterocycles. The number of aromatic nitrogens is 2. The molecule has 0 bridgehead atoms. The maximum Gasteiger partial charge on any atom is 0.253 e. The number of nitrogens with one attached hydrogen (secondary N) is 1. The quantitative estimate of drug-likeness (QED) is 0.387. The second-order valence-corrected chi connectivity index (χ2v) is 9.63. The largest absolute Gasteiger partial charge is 0.337 e. The zero-order valence-corrected chi connectivity index (χ0v) is 19.9. The van der Waals surface area contributed by atoms with Crippen LogP contribution < -0.4 is 4.72 Å². The molecule has 0 saturated carbocycles. The van der Waals surface area contributed by atoms with Gasteiger partial charge >= 0.3 is 0 Å². The van der Waals surface area contributed by atoms with E-state index in [0.29, 0.717) is 0 Å². The lowest BCUT2D eigenvalue weighted by molar-refractivity contribution is 0.0785. The monoisotopic (exact) mass is 484 g/mol. The van der Waals surface area contributed by atoms with Crippen molar-refractivity contribution in [1.29, 1.82) is 0 Å². The zero-order chi connectivity index (χ0) is 24.8. The fraction of sp³-hybridized carbons (Fsp3) is 0.111. The number of benzene rings is 3. The number of rotatable bonds is 8. The molecule has 4 aromatic rings. The van der Waals surface area contributed by atoms with Crippen LogP contribution in [0.5, 0.6) is 0 Å². The lowest BCUT2D eigenvalue weighted by atomic mass is 10.1. The molecule has 1 amide bonds. The van der Waals surface area contributed by atoms with Crippen molar-refractivity contribution in [2.75, 3.05) is 13.6 Å². The zero-order valence-electron chi connectivity index (χ0n) is 19.1. The van der Waals surface area contributed by atoms with E-state index in [-0.39, 0.29) is 29.5 Å². The summed E-state index contributed by atoms with van der Waals surface area (Å²) in [4.78, 5) is 14.7. The van der Waals surface area contributed by atoms with Gasteiger partial charge in [-0.15, -0.1) is 6.42 Å². The molecular formula is C27H24N4O3S. The first kappa shape index (κ1) is 24.0. The summed E-state index contributed by atoms with van der Waals surface area (Å²) in [6.45, 7) is 0.149. The molecule has 176 valence electrons. The first-order valence-electron chi connectivity index (χ1n) is 10.9. The Bertz CT molecular complexity index is 1470. The highest BCUT2D eigenvalue weighted by atomic mass is 32.2. The molecule has 0 aliphatic rings. The third-order valence-electron chi connectivity index (χ3n) is 5.37. The Balaban J connectivity index is 1.63. The van der Waals surface area contributed by atoms with E-state index in [1.165, 1.54) is 18.2 Å². The molecule has 0 radical (unpaired) electrons. The highest BCUT2D eigenvalue weighted by Gasteiger charge is 2.20. The lowest BCUT2D eigenvalue weighted by Gasteiger charge is -2.18. The Kier molecular flexibility index (Phi) is 7.11. The Labute approximate surface area is 205 Å². The molecular weight excluding hydrogens is 460 g/mol. The maximum atomic E-state index is 13.2. The van der Waals surface area contributed by atoms with Crippen molar-refractivity contribution in [2.24, 2.45) is 0 Å². The van der Waals surface area contributed by atoms with Gasteiger partial charge in [0.1, 0.15) is 0 Å². The van der Waals surface area contributed by atoms with Crippen molar-refractivity contribution >= 4 is 15.9 Å². The average molecular weight is 485 g/mol. The number of sulfonamides is 1. The summed E-state index contributed by atoms with van der Waals surface area (Å²) in [6, 6.07) is 25.4. The molecule has 0 aliphatic carbocycles. The van der Waals surface area contributed by atoms with Crippen LogP contribution in [0.2, 0.25) is 0 Å². The van der Waals surface area contributed by atoms with E-state index in [0.717, 1.165) is 22.5 Å². The molecule has 0 fully saturated rings. The van der Waals surface area contributed by atoms with Gasteiger partial charge in [-0.05, 0) is 30.3 Å². The van der Waals surface area contributed by atoms with Crippen LogP contribution >= 0.6 is 0 Å². The Morgan fingerprint density at radius 1 is 1.03 bits per heavy atom. The van der Waals surface area contributed by atoms with Gasteiger partial charge in [-0.3, -0.25) is 4.79 Å². The summed E-state index contributed by atoms with van der Waals surface area (Å²) in [5.41, 5.74) is 3.72. The van der Waals surface area contributed by atoms with Crippen molar-refractivity contribution in [2.45, 2.75) is 11.4 Å². The lowest BCUT2D eigenvalue weighted by Crippen LogP contribution is -2.27. The summed E-state index contributed by atoms with van der Waals surface area (Å²) in [7, 11) is -2.13. The summed E-state index contributed by atoms with van der Waals surface area (Å²) in [6.07, 6.45) is 7.06. The highest BCUT2D eigenvalue weighted by molar-refractivity contribution is 7.89. The Hall–Kier alpha value is -4.19. The van der Waals surface area contributed by atoms with Gasteiger partial charge in [-0.2, -0.15) is 9.82 Å². The van der Waals surface area contributed by atoms with Crippen LogP contribution in [0.3, 0.4) is 0 Å². The third kappa shape index (κ3) is 5.49. The van der Waals surface area contributed by atoms with E-state index >= 15 is 0 Å². The minimum Gasteiger partial charge on any atom is -0.337 e. The number of carbonyl (C=O) groups excluding carboxylic acids is 1. The van der Waals surface area contributed by atoms with Gasteiger partial charge in [0.15, 0.2) is 0 Å². The number of carbonyl (C=O) groups is 1. The van der Waals surface area contributed by atoms with Crippen LogP contribution in [0, 0.1) is 12.3 Å². The second-order valence-electron chi connectivity index (χ2n) is 7.87. The normalized spacial score (nSPS) is 11.1. The Morgan fingerprint density at radius 3 is 2.40 bits per heavy atom. The minimum atomic E-state index is -3.81. The van der Waals surface area contributed by atoms with E-state index in [2.05, 4.69) is 10.6 Å². The number of terminal acetylenes is 1. The van der Waals surface area contributed by atoms with E-state index in [9.17, 15) is 13.2 Å². The molecule has 0 saturated heterocycles. The van der Waals surface area contributed by atoms with E-state index in [1.54, 1.807) is 22.7 Å². The molecule has 1 aromatic heterocycles. The topological polar surface area (TPSA) is 84.3 Å². The number of nitrogens with zero attached hydrogens (tertiary/aromatic N) is 3. The average Bonchev–Trinajstić information content (AvgIpc) is 3.32. The van der Waals surface area contributed by atoms with Crippen LogP contribution in [-0.2, 0) is 16.6 Å². The summed E-state index contributed by atoms with van der Waals surface area (Å²) >= 11 is 0. The molecule has 0 atom stereocenters. The minimum absolute atomic E-state index is 0.0196. The van der Waals surface area contributed by atoms with Crippen LogP contribution in [0.15, 0.2) is 96.0 Å². The first-order chi connectivity index (χ1) is 16.9. The Morgan fingerprint density at radius 2 is 1.71 bits per heavy atom. The van der Waals surface area contributed by atoms with Gasteiger partial charge < -0.3 is 4.90 Å². The van der Waals surface area contributed by atoms with Crippen molar-refractivity contribution in [3.63, 3.8) is 0 Å². The van der Waals surface area contributed by atoms with Gasteiger partial charge in [0, 0.05) is 36.5 Å². The van der Waals surface area contributed by atoms with Crippen molar-refractivity contribution in [1.82, 2.24) is 19.4 Å².